The zero-order chi connectivity index (χ0) is 33.9. The van der Waals surface area contributed by atoms with Gasteiger partial charge in [-0.1, -0.05) is 57.5 Å². The lowest BCUT2D eigenvalue weighted by Gasteiger charge is -2.39. The third-order valence-electron chi connectivity index (χ3n) is 10.3. The van der Waals surface area contributed by atoms with E-state index in [4.69, 9.17) is 19.6 Å². The van der Waals surface area contributed by atoms with Crippen molar-refractivity contribution < 1.29 is 9.47 Å². The molecule has 7 rings (SSSR count). The van der Waals surface area contributed by atoms with Crippen LogP contribution in [0.4, 0.5) is 0 Å². The maximum atomic E-state index is 6.62. The van der Waals surface area contributed by atoms with E-state index in [9.17, 15) is 0 Å². The lowest BCUT2D eigenvalue weighted by atomic mass is 9.65. The number of aryl methyl sites for hydroxylation is 2. The molecule has 3 aromatic heterocycles. The Kier molecular flexibility index (Phi) is 7.93. The number of benzene rings is 3. The highest BCUT2D eigenvalue weighted by atomic mass is 16.5. The van der Waals surface area contributed by atoms with Gasteiger partial charge in [-0.3, -0.25) is 4.57 Å². The van der Waals surface area contributed by atoms with Gasteiger partial charge in [0.05, 0.1) is 29.5 Å². The first-order valence-corrected chi connectivity index (χ1v) is 17.0. The molecule has 0 spiro atoms. The fourth-order valence-electron chi connectivity index (χ4n) is 7.90. The van der Waals surface area contributed by atoms with E-state index in [0.717, 1.165) is 61.8 Å². The van der Waals surface area contributed by atoms with Gasteiger partial charge in [0.15, 0.2) is 0 Å². The van der Waals surface area contributed by atoms with Crippen LogP contribution in [0.3, 0.4) is 0 Å². The number of fused-ring (bicyclic) bond motifs is 3. The SMILES string of the molecule is COc1ccnc(-n2c3ccccc3c3ccc(Oc4cc(C)cc(-n5nc(C)c([C@@H]6C(C)=C[C@@H](C(C)(C)C)C[C@@H]6C)c5C)c4)cc32)c1. The first-order valence-electron chi connectivity index (χ1n) is 17.0. The molecule has 48 heavy (non-hydrogen) atoms. The topological polar surface area (TPSA) is 54.1 Å². The molecule has 0 amide bonds. The molecule has 1 aliphatic carbocycles. The van der Waals surface area contributed by atoms with Gasteiger partial charge < -0.3 is 9.47 Å². The quantitative estimate of drug-likeness (QED) is 0.170. The summed E-state index contributed by atoms with van der Waals surface area (Å²) in [5.74, 6) is 4.58. The van der Waals surface area contributed by atoms with Gasteiger partial charge in [0, 0.05) is 52.3 Å². The maximum absolute atomic E-state index is 6.62. The molecule has 246 valence electrons. The number of hydrogen-bond donors (Lipinski definition) is 0. The van der Waals surface area contributed by atoms with Crippen LogP contribution in [0, 0.1) is 38.0 Å². The summed E-state index contributed by atoms with van der Waals surface area (Å²) in [6.45, 7) is 18.3. The number of allylic oxidation sites excluding steroid dienone is 2. The lowest BCUT2D eigenvalue weighted by molar-refractivity contribution is 0.224. The average molecular weight is 639 g/mol. The van der Waals surface area contributed by atoms with Crippen molar-refractivity contribution in [1.29, 1.82) is 0 Å². The number of rotatable bonds is 6. The number of para-hydroxylation sites is 1. The van der Waals surface area contributed by atoms with E-state index in [1.165, 1.54) is 23.3 Å². The molecule has 0 bridgehead atoms. The van der Waals surface area contributed by atoms with E-state index in [1.807, 2.05) is 18.2 Å². The van der Waals surface area contributed by atoms with Crippen molar-refractivity contribution in [1.82, 2.24) is 19.3 Å². The van der Waals surface area contributed by atoms with Crippen LogP contribution in [-0.2, 0) is 0 Å². The third-order valence-corrected chi connectivity index (χ3v) is 10.3. The normalized spacial score (nSPS) is 18.4. The summed E-state index contributed by atoms with van der Waals surface area (Å²) in [5.41, 5.74) is 9.59. The van der Waals surface area contributed by atoms with Gasteiger partial charge in [-0.05, 0) is 93.3 Å². The third kappa shape index (κ3) is 5.57. The Balaban J connectivity index is 1.26. The number of pyridine rings is 1. The van der Waals surface area contributed by atoms with Crippen molar-refractivity contribution in [3.63, 3.8) is 0 Å². The summed E-state index contributed by atoms with van der Waals surface area (Å²) < 4.78 is 16.4. The minimum atomic E-state index is 0.264. The van der Waals surface area contributed by atoms with Gasteiger partial charge in [-0.25, -0.2) is 9.67 Å². The predicted octanol–water partition coefficient (Wildman–Crippen LogP) is 10.8. The highest BCUT2D eigenvalue weighted by Crippen LogP contribution is 2.47. The first-order chi connectivity index (χ1) is 22.9. The van der Waals surface area contributed by atoms with Crippen LogP contribution >= 0.6 is 0 Å². The minimum Gasteiger partial charge on any atom is -0.497 e. The molecule has 0 aliphatic heterocycles. The molecule has 3 heterocycles. The molecule has 3 atom stereocenters. The summed E-state index contributed by atoms with van der Waals surface area (Å²) in [4.78, 5) is 4.70. The molecule has 6 heteroatoms. The number of methoxy groups -OCH3 is 1. The second-order valence-corrected chi connectivity index (χ2v) is 14.8. The molecule has 0 radical (unpaired) electrons. The van der Waals surface area contributed by atoms with Crippen molar-refractivity contribution in [2.24, 2.45) is 17.3 Å². The smallest absolute Gasteiger partial charge is 0.141 e. The van der Waals surface area contributed by atoms with Crippen molar-refractivity contribution in [3.8, 4) is 28.8 Å². The fourth-order valence-corrected chi connectivity index (χ4v) is 7.90. The van der Waals surface area contributed by atoms with Crippen LogP contribution in [0.5, 0.6) is 17.2 Å². The van der Waals surface area contributed by atoms with E-state index >= 15 is 0 Å². The van der Waals surface area contributed by atoms with Crippen LogP contribution in [0.15, 0.2) is 90.6 Å². The lowest BCUT2D eigenvalue weighted by Crippen LogP contribution is -2.28. The first kappa shape index (κ1) is 31.7. The van der Waals surface area contributed by atoms with Crippen molar-refractivity contribution in [2.75, 3.05) is 7.11 Å². The Bertz CT molecular complexity index is 2200. The van der Waals surface area contributed by atoms with E-state index in [2.05, 4.69) is 125 Å². The largest absolute Gasteiger partial charge is 0.497 e. The van der Waals surface area contributed by atoms with E-state index in [1.54, 1.807) is 13.3 Å². The molecular formula is C42H46N4O2. The number of hydrogen-bond acceptors (Lipinski definition) is 4. The minimum absolute atomic E-state index is 0.264. The second-order valence-electron chi connectivity index (χ2n) is 14.8. The Morgan fingerprint density at radius 3 is 2.33 bits per heavy atom. The molecule has 0 unspecified atom stereocenters. The molecule has 0 saturated heterocycles. The molecule has 3 aromatic carbocycles. The van der Waals surface area contributed by atoms with Crippen LogP contribution in [-0.4, -0.2) is 26.4 Å². The Labute approximate surface area is 284 Å². The highest BCUT2D eigenvalue weighted by molar-refractivity contribution is 6.09. The van der Waals surface area contributed by atoms with Crippen LogP contribution in [0.1, 0.15) is 69.5 Å². The number of aromatic nitrogens is 4. The van der Waals surface area contributed by atoms with Gasteiger partial charge in [-0.2, -0.15) is 5.10 Å². The summed E-state index contributed by atoms with van der Waals surface area (Å²) in [5, 5.41) is 7.42. The molecule has 6 nitrogen and oxygen atoms in total. The van der Waals surface area contributed by atoms with Gasteiger partial charge in [0.1, 0.15) is 23.1 Å². The fraction of sp³-hybridized carbons (Fsp3) is 0.333. The summed E-state index contributed by atoms with van der Waals surface area (Å²) in [6, 6.07) is 24.9. The van der Waals surface area contributed by atoms with Crippen LogP contribution < -0.4 is 9.47 Å². The van der Waals surface area contributed by atoms with Gasteiger partial charge in [0.25, 0.3) is 0 Å². The van der Waals surface area contributed by atoms with Gasteiger partial charge >= 0.3 is 0 Å². The average Bonchev–Trinajstić information content (AvgIpc) is 3.53. The van der Waals surface area contributed by atoms with Gasteiger partial charge in [0.2, 0.25) is 0 Å². The number of nitrogens with zero attached hydrogens (tertiary/aromatic N) is 4. The predicted molar refractivity (Wildman–Crippen MR) is 196 cm³/mol. The summed E-state index contributed by atoms with van der Waals surface area (Å²) >= 11 is 0. The zero-order valence-electron chi connectivity index (χ0n) is 29.6. The standard InChI is InChI=1S/C42H46N4O2/c1-25-18-31(46-29(5)41(28(4)44-46)40-26(2)20-30(21-27(40)3)42(6,7)8)22-34(19-25)48-33-14-15-36-35-12-10-11-13-37(35)45(38(36)23-33)39-24-32(47-9)16-17-43-39/h10-20,22-24,27,30,40H,21H2,1-9H3/t27-,30+,40+/m0/s1. The van der Waals surface area contributed by atoms with E-state index in [-0.39, 0.29) is 5.41 Å². The summed E-state index contributed by atoms with van der Waals surface area (Å²) in [7, 11) is 1.68. The van der Waals surface area contributed by atoms with Crippen molar-refractivity contribution in [3.05, 3.63) is 113 Å². The Hall–Kier alpha value is -4.84. The van der Waals surface area contributed by atoms with Crippen LogP contribution in [0.25, 0.3) is 33.3 Å². The van der Waals surface area contributed by atoms with Crippen molar-refractivity contribution in [2.45, 2.75) is 67.7 Å². The maximum Gasteiger partial charge on any atom is 0.141 e. The Morgan fingerprint density at radius 2 is 1.58 bits per heavy atom. The second kappa shape index (κ2) is 12.0. The molecule has 1 aliphatic rings. The molecule has 0 fully saturated rings. The summed E-state index contributed by atoms with van der Waals surface area (Å²) in [6.07, 6.45) is 5.50. The molecule has 0 saturated carbocycles. The highest BCUT2D eigenvalue weighted by Gasteiger charge is 2.36. The zero-order valence-corrected chi connectivity index (χ0v) is 29.6. The van der Waals surface area contributed by atoms with Crippen LogP contribution in [0.2, 0.25) is 0 Å². The molecule has 6 aromatic rings. The van der Waals surface area contributed by atoms with E-state index < -0.39 is 0 Å². The van der Waals surface area contributed by atoms with Gasteiger partial charge in [-0.15, -0.1) is 0 Å². The van der Waals surface area contributed by atoms with E-state index in [0.29, 0.717) is 17.8 Å². The molecular weight excluding hydrogens is 592 g/mol. The number of ether oxygens (including phenoxy) is 2. The van der Waals surface area contributed by atoms with Crippen molar-refractivity contribution >= 4 is 21.8 Å². The molecule has 0 N–H and O–H groups in total. The monoisotopic (exact) mass is 638 g/mol. The Morgan fingerprint density at radius 1 is 0.812 bits per heavy atom.